The van der Waals surface area contributed by atoms with Crippen LogP contribution >= 0.6 is 0 Å². The number of likely N-dealkylation sites (tertiary alicyclic amines) is 1. The highest BCUT2D eigenvalue weighted by atomic mass is 16.5. The van der Waals surface area contributed by atoms with Crippen molar-refractivity contribution in [2.45, 2.75) is 33.1 Å². The zero-order valence-corrected chi connectivity index (χ0v) is 19.9. The number of piperidine rings is 1. The Morgan fingerprint density at radius 3 is 2.19 bits per heavy atom. The molecule has 7 heteroatoms. The number of fused-ring (bicyclic) bond motifs is 1. The van der Waals surface area contributed by atoms with Crippen LogP contribution in [0.4, 0.5) is 5.69 Å². The molecule has 3 aliphatic heterocycles. The van der Waals surface area contributed by atoms with Gasteiger partial charge in [-0.05, 0) is 54.9 Å². The Balaban J connectivity index is 1.26. The number of rotatable bonds is 5. The number of methoxy groups -OCH3 is 1. The fourth-order valence-electron chi connectivity index (χ4n) is 5.50. The number of carbonyl (C=O) groups excluding carboxylic acids is 2. The van der Waals surface area contributed by atoms with Gasteiger partial charge in [0.2, 0.25) is 11.8 Å². The molecule has 176 valence electrons. The first-order valence-electron chi connectivity index (χ1n) is 12.1. The summed E-state index contributed by atoms with van der Waals surface area (Å²) < 4.78 is 5.34. The molecule has 0 spiro atoms. The maximum Gasteiger partial charge on any atom is 0.241 e. The van der Waals surface area contributed by atoms with Gasteiger partial charge in [0.25, 0.3) is 0 Å². The van der Waals surface area contributed by atoms with E-state index in [4.69, 9.17) is 4.74 Å². The Morgan fingerprint density at radius 2 is 1.56 bits per heavy atom. The summed E-state index contributed by atoms with van der Waals surface area (Å²) in [7, 11) is 1.67. The van der Waals surface area contributed by atoms with Gasteiger partial charge in [0.1, 0.15) is 5.75 Å². The standard InChI is InChI=1S/C25H38N4O3/c1-19-13-20(2)16-28(15-19)24(30)17-26-9-11-27(12-10-26)18-25(31)29-8-4-5-21-14-22(32-3)6-7-23(21)29/h6-7,14,19-20H,4-5,8-13,15-18H2,1-3H3/t19-,20-/m1/s1. The molecule has 0 unspecified atom stereocenters. The second-order valence-electron chi connectivity index (χ2n) is 9.94. The predicted molar refractivity (Wildman–Crippen MR) is 126 cm³/mol. The normalized spacial score (nSPS) is 24.8. The number of amides is 2. The van der Waals surface area contributed by atoms with Gasteiger partial charge in [-0.15, -0.1) is 0 Å². The van der Waals surface area contributed by atoms with Crippen LogP contribution in [0.15, 0.2) is 18.2 Å². The van der Waals surface area contributed by atoms with Crippen LogP contribution in [0.1, 0.15) is 32.3 Å². The van der Waals surface area contributed by atoms with Gasteiger partial charge in [0.05, 0.1) is 20.2 Å². The lowest BCUT2D eigenvalue weighted by Gasteiger charge is -2.39. The number of nitrogens with zero attached hydrogens (tertiary/aromatic N) is 4. The third-order valence-electron chi connectivity index (χ3n) is 7.11. The van der Waals surface area contributed by atoms with E-state index in [9.17, 15) is 9.59 Å². The van der Waals surface area contributed by atoms with E-state index >= 15 is 0 Å². The highest BCUT2D eigenvalue weighted by molar-refractivity contribution is 5.96. The minimum Gasteiger partial charge on any atom is -0.497 e. The lowest BCUT2D eigenvalue weighted by Crippen LogP contribution is -2.53. The topological polar surface area (TPSA) is 56.3 Å². The van der Waals surface area contributed by atoms with Crippen LogP contribution < -0.4 is 9.64 Å². The summed E-state index contributed by atoms with van der Waals surface area (Å²) in [6, 6.07) is 6.00. The van der Waals surface area contributed by atoms with Crippen LogP contribution in [0, 0.1) is 11.8 Å². The number of hydrogen-bond acceptors (Lipinski definition) is 5. The van der Waals surface area contributed by atoms with E-state index in [1.165, 1.54) is 12.0 Å². The number of carbonyl (C=O) groups is 2. The summed E-state index contributed by atoms with van der Waals surface area (Å²) in [6.45, 7) is 11.3. The maximum atomic E-state index is 13.1. The van der Waals surface area contributed by atoms with Gasteiger partial charge in [-0.25, -0.2) is 0 Å². The molecule has 0 radical (unpaired) electrons. The minimum absolute atomic E-state index is 0.164. The summed E-state index contributed by atoms with van der Waals surface area (Å²) in [5, 5.41) is 0. The molecule has 0 bridgehead atoms. The summed E-state index contributed by atoms with van der Waals surface area (Å²) >= 11 is 0. The molecular formula is C25H38N4O3. The van der Waals surface area contributed by atoms with Crippen molar-refractivity contribution in [1.82, 2.24) is 14.7 Å². The van der Waals surface area contributed by atoms with Crippen LogP contribution in [0.25, 0.3) is 0 Å². The van der Waals surface area contributed by atoms with Gasteiger partial charge < -0.3 is 14.5 Å². The third kappa shape index (κ3) is 5.44. The van der Waals surface area contributed by atoms with Crippen molar-refractivity contribution in [2.75, 3.05) is 70.9 Å². The van der Waals surface area contributed by atoms with Gasteiger partial charge in [0, 0.05) is 51.5 Å². The number of anilines is 1. The zero-order valence-electron chi connectivity index (χ0n) is 19.9. The first-order valence-corrected chi connectivity index (χ1v) is 12.1. The lowest BCUT2D eigenvalue weighted by molar-refractivity contribution is -0.135. The molecule has 1 aromatic rings. The highest BCUT2D eigenvalue weighted by Crippen LogP contribution is 2.30. The van der Waals surface area contributed by atoms with Crippen molar-refractivity contribution in [3.8, 4) is 5.75 Å². The van der Waals surface area contributed by atoms with E-state index in [1.54, 1.807) is 7.11 Å². The molecule has 3 aliphatic rings. The van der Waals surface area contributed by atoms with E-state index < -0.39 is 0 Å². The van der Waals surface area contributed by atoms with Crippen LogP contribution in [0.2, 0.25) is 0 Å². The largest absolute Gasteiger partial charge is 0.497 e. The molecule has 2 fully saturated rings. The van der Waals surface area contributed by atoms with Crippen molar-refractivity contribution >= 4 is 17.5 Å². The first-order chi connectivity index (χ1) is 15.4. The van der Waals surface area contributed by atoms with Gasteiger partial charge in [-0.1, -0.05) is 13.8 Å². The number of hydrogen-bond donors (Lipinski definition) is 0. The fraction of sp³-hybridized carbons (Fsp3) is 0.680. The minimum atomic E-state index is 0.164. The van der Waals surface area contributed by atoms with Crippen LogP contribution in [-0.4, -0.2) is 92.5 Å². The van der Waals surface area contributed by atoms with Crippen molar-refractivity contribution in [3.63, 3.8) is 0 Å². The Bertz CT molecular complexity index is 811. The van der Waals surface area contributed by atoms with Crippen LogP contribution in [0.3, 0.4) is 0 Å². The molecule has 2 atom stereocenters. The second kappa shape index (κ2) is 10.2. The van der Waals surface area contributed by atoms with E-state index in [1.807, 2.05) is 23.1 Å². The number of piperazine rings is 1. The number of aryl methyl sites for hydroxylation is 1. The summed E-state index contributed by atoms with van der Waals surface area (Å²) in [4.78, 5) is 34.3. The third-order valence-corrected chi connectivity index (χ3v) is 7.11. The first kappa shape index (κ1) is 23.1. The molecule has 3 heterocycles. The van der Waals surface area contributed by atoms with E-state index in [0.717, 1.165) is 70.1 Å². The lowest BCUT2D eigenvalue weighted by atomic mass is 9.92. The van der Waals surface area contributed by atoms with Crippen LogP contribution in [0.5, 0.6) is 5.75 Å². The summed E-state index contributed by atoms with van der Waals surface area (Å²) in [6.07, 6.45) is 3.18. The Morgan fingerprint density at radius 1 is 0.938 bits per heavy atom. The molecule has 32 heavy (non-hydrogen) atoms. The van der Waals surface area contributed by atoms with E-state index in [-0.39, 0.29) is 11.8 Å². The molecule has 2 saturated heterocycles. The highest BCUT2D eigenvalue weighted by Gasteiger charge is 2.29. The number of ether oxygens (including phenoxy) is 1. The molecule has 0 N–H and O–H groups in total. The maximum absolute atomic E-state index is 13.1. The molecule has 2 amide bonds. The second-order valence-corrected chi connectivity index (χ2v) is 9.94. The predicted octanol–water partition coefficient (Wildman–Crippen LogP) is 2.10. The van der Waals surface area contributed by atoms with Crippen molar-refractivity contribution < 1.29 is 14.3 Å². The summed E-state index contributed by atoms with van der Waals surface area (Å²) in [5.41, 5.74) is 2.21. The Labute approximate surface area is 192 Å². The average Bonchev–Trinajstić information content (AvgIpc) is 2.78. The Kier molecular flexibility index (Phi) is 7.36. The average molecular weight is 443 g/mol. The van der Waals surface area contributed by atoms with Crippen LogP contribution in [-0.2, 0) is 16.0 Å². The van der Waals surface area contributed by atoms with Gasteiger partial charge in [0.15, 0.2) is 0 Å². The van der Waals surface area contributed by atoms with Crippen molar-refractivity contribution in [2.24, 2.45) is 11.8 Å². The molecule has 4 rings (SSSR count). The quantitative estimate of drug-likeness (QED) is 0.699. The molecule has 0 aliphatic carbocycles. The van der Waals surface area contributed by atoms with Gasteiger partial charge >= 0.3 is 0 Å². The Hall–Kier alpha value is -2.12. The van der Waals surface area contributed by atoms with Crippen molar-refractivity contribution in [1.29, 1.82) is 0 Å². The zero-order chi connectivity index (χ0) is 22.7. The van der Waals surface area contributed by atoms with E-state index in [0.29, 0.717) is 24.9 Å². The van der Waals surface area contributed by atoms with Gasteiger partial charge in [-0.2, -0.15) is 0 Å². The smallest absolute Gasteiger partial charge is 0.241 e. The monoisotopic (exact) mass is 442 g/mol. The SMILES string of the molecule is COc1ccc2c(c1)CCCN2C(=O)CN1CCN(CC(=O)N2C[C@H](C)C[C@@H](C)C2)CC1. The molecule has 7 nitrogen and oxygen atoms in total. The molecular weight excluding hydrogens is 404 g/mol. The molecule has 0 aromatic heterocycles. The number of benzene rings is 1. The molecule has 0 saturated carbocycles. The van der Waals surface area contributed by atoms with E-state index in [2.05, 4.69) is 28.5 Å². The van der Waals surface area contributed by atoms with Gasteiger partial charge in [-0.3, -0.25) is 19.4 Å². The molecule has 1 aromatic carbocycles. The van der Waals surface area contributed by atoms with Crippen molar-refractivity contribution in [3.05, 3.63) is 23.8 Å². The summed E-state index contributed by atoms with van der Waals surface area (Å²) in [5.74, 6) is 2.44. The fourth-order valence-corrected chi connectivity index (χ4v) is 5.50.